The average molecular weight is 504 g/mol. The van der Waals surface area contributed by atoms with E-state index in [9.17, 15) is 9.59 Å². The molecule has 4 aromatic carbocycles. The minimum Gasteiger partial charge on any atom is -0.465 e. The van der Waals surface area contributed by atoms with Crippen molar-refractivity contribution in [3.63, 3.8) is 0 Å². The van der Waals surface area contributed by atoms with Crippen LogP contribution in [-0.2, 0) is 22.6 Å². The lowest BCUT2D eigenvalue weighted by Gasteiger charge is -2.18. The Labute approximate surface area is 222 Å². The highest BCUT2D eigenvalue weighted by Gasteiger charge is 2.29. The molecular formula is C32H29N3O3. The van der Waals surface area contributed by atoms with E-state index in [1.165, 1.54) is 18.2 Å². The molecule has 0 radical (unpaired) electrons. The van der Waals surface area contributed by atoms with Crippen molar-refractivity contribution < 1.29 is 14.3 Å². The number of rotatable bonds is 8. The van der Waals surface area contributed by atoms with Gasteiger partial charge in [0.05, 0.1) is 29.6 Å². The first-order chi connectivity index (χ1) is 18.5. The number of amides is 1. The van der Waals surface area contributed by atoms with Crippen molar-refractivity contribution in [3.05, 3.63) is 131 Å². The molecule has 0 saturated carbocycles. The van der Waals surface area contributed by atoms with E-state index >= 15 is 0 Å². The van der Waals surface area contributed by atoms with Gasteiger partial charge in [-0.25, -0.2) is 4.79 Å². The van der Waals surface area contributed by atoms with Crippen LogP contribution in [0.4, 0.5) is 11.4 Å². The predicted octanol–water partition coefficient (Wildman–Crippen LogP) is 6.04. The highest BCUT2D eigenvalue weighted by Crippen LogP contribution is 2.38. The summed E-state index contributed by atoms with van der Waals surface area (Å²) in [5.74, 6) is -0.678. The number of fused-ring (bicyclic) bond motifs is 1. The molecule has 0 unspecified atom stereocenters. The molecule has 1 aliphatic rings. The fourth-order valence-electron chi connectivity index (χ4n) is 4.65. The number of benzene rings is 4. The first kappa shape index (κ1) is 25.0. The van der Waals surface area contributed by atoms with Gasteiger partial charge >= 0.3 is 5.97 Å². The minimum atomic E-state index is -0.449. The van der Waals surface area contributed by atoms with Gasteiger partial charge in [0.1, 0.15) is 0 Å². The molecule has 0 aliphatic carbocycles. The van der Waals surface area contributed by atoms with Gasteiger partial charge < -0.3 is 15.4 Å². The molecule has 1 heterocycles. The summed E-state index contributed by atoms with van der Waals surface area (Å²) in [6.07, 6.45) is 0. The standard InChI is InChI=1S/C32H29N3O3/c1-35(20-22-9-5-3-6-10-22)21-23-13-16-26(17-14-23)33-30(24-11-7-4-8-12-24)29-27-18-15-25(32(37)38-2)19-28(27)34-31(29)36/h3-19,33H,20-21H2,1-2H3,(H,34,36)/b30-29-. The van der Waals surface area contributed by atoms with Crippen molar-refractivity contribution in [2.75, 3.05) is 24.8 Å². The maximum Gasteiger partial charge on any atom is 0.337 e. The molecule has 0 bridgehead atoms. The number of methoxy groups -OCH3 is 1. The number of nitrogens with zero attached hydrogens (tertiary/aromatic N) is 1. The van der Waals surface area contributed by atoms with Crippen LogP contribution < -0.4 is 10.6 Å². The van der Waals surface area contributed by atoms with Gasteiger partial charge in [0, 0.05) is 24.3 Å². The SMILES string of the molecule is COC(=O)c1ccc2c(c1)NC(=O)/C2=C(\Nc1ccc(CN(C)Cc2ccccc2)cc1)c1ccccc1. The van der Waals surface area contributed by atoms with Crippen LogP contribution in [-0.4, -0.2) is 30.9 Å². The summed E-state index contributed by atoms with van der Waals surface area (Å²) in [4.78, 5) is 27.5. The monoisotopic (exact) mass is 503 g/mol. The molecule has 2 N–H and O–H groups in total. The maximum absolute atomic E-state index is 13.2. The largest absolute Gasteiger partial charge is 0.465 e. The van der Waals surface area contributed by atoms with Gasteiger partial charge in [0.15, 0.2) is 0 Å². The summed E-state index contributed by atoms with van der Waals surface area (Å²) >= 11 is 0. The molecule has 5 rings (SSSR count). The zero-order valence-electron chi connectivity index (χ0n) is 21.4. The number of esters is 1. The summed E-state index contributed by atoms with van der Waals surface area (Å²) in [6.45, 7) is 1.69. The molecule has 0 aromatic heterocycles. The highest BCUT2D eigenvalue weighted by atomic mass is 16.5. The lowest BCUT2D eigenvalue weighted by molar-refractivity contribution is -0.110. The number of hydrogen-bond donors (Lipinski definition) is 2. The van der Waals surface area contributed by atoms with Gasteiger partial charge in [-0.2, -0.15) is 0 Å². The molecule has 190 valence electrons. The van der Waals surface area contributed by atoms with E-state index in [1.807, 2.05) is 48.5 Å². The second-order valence-corrected chi connectivity index (χ2v) is 9.30. The Balaban J connectivity index is 1.42. The lowest BCUT2D eigenvalue weighted by atomic mass is 9.99. The van der Waals surface area contributed by atoms with E-state index in [4.69, 9.17) is 4.74 Å². The highest BCUT2D eigenvalue weighted by molar-refractivity contribution is 6.37. The lowest BCUT2D eigenvalue weighted by Crippen LogP contribution is -2.17. The Morgan fingerprint density at radius 3 is 2.11 bits per heavy atom. The van der Waals surface area contributed by atoms with E-state index in [-0.39, 0.29) is 5.91 Å². The Kier molecular flexibility index (Phi) is 7.33. The second kappa shape index (κ2) is 11.2. The van der Waals surface area contributed by atoms with E-state index in [1.54, 1.807) is 18.2 Å². The Morgan fingerprint density at radius 1 is 0.816 bits per heavy atom. The van der Waals surface area contributed by atoms with E-state index in [2.05, 4.69) is 59.0 Å². The third-order valence-corrected chi connectivity index (χ3v) is 6.47. The minimum absolute atomic E-state index is 0.229. The summed E-state index contributed by atoms with van der Waals surface area (Å²) < 4.78 is 4.83. The Bertz CT molecular complexity index is 1480. The summed E-state index contributed by atoms with van der Waals surface area (Å²) in [6, 6.07) is 33.5. The molecule has 1 amide bonds. The zero-order chi connectivity index (χ0) is 26.5. The zero-order valence-corrected chi connectivity index (χ0v) is 21.4. The molecule has 38 heavy (non-hydrogen) atoms. The summed E-state index contributed by atoms with van der Waals surface area (Å²) in [7, 11) is 3.45. The fraction of sp³-hybridized carbons (Fsp3) is 0.125. The Hall–Kier alpha value is -4.68. The van der Waals surface area contributed by atoms with E-state index in [0.29, 0.717) is 22.5 Å². The van der Waals surface area contributed by atoms with E-state index < -0.39 is 5.97 Å². The molecule has 6 heteroatoms. The second-order valence-electron chi connectivity index (χ2n) is 9.30. The summed E-state index contributed by atoms with van der Waals surface area (Å²) in [5.41, 5.74) is 7.15. The van der Waals surface area contributed by atoms with Crippen molar-refractivity contribution in [3.8, 4) is 0 Å². The molecular weight excluding hydrogens is 474 g/mol. The number of carbonyl (C=O) groups is 2. The maximum atomic E-state index is 13.2. The van der Waals surface area contributed by atoms with E-state index in [0.717, 1.165) is 29.9 Å². The van der Waals surface area contributed by atoms with Crippen LogP contribution in [0, 0.1) is 0 Å². The van der Waals surface area contributed by atoms with Crippen LogP contribution in [0.15, 0.2) is 103 Å². The van der Waals surface area contributed by atoms with Gasteiger partial charge in [0.25, 0.3) is 5.91 Å². The number of carbonyl (C=O) groups excluding carboxylic acids is 2. The molecule has 0 saturated heterocycles. The van der Waals surface area contributed by atoms with Crippen LogP contribution in [0.1, 0.15) is 32.6 Å². The first-order valence-electron chi connectivity index (χ1n) is 12.4. The predicted molar refractivity (Wildman–Crippen MR) is 151 cm³/mol. The number of nitrogens with one attached hydrogen (secondary N) is 2. The molecule has 6 nitrogen and oxygen atoms in total. The number of hydrogen-bond acceptors (Lipinski definition) is 5. The number of anilines is 2. The van der Waals surface area contributed by atoms with Crippen molar-refractivity contribution in [2.24, 2.45) is 0 Å². The molecule has 0 spiro atoms. The van der Waals surface area contributed by atoms with Crippen molar-refractivity contribution in [1.82, 2.24) is 4.90 Å². The fourth-order valence-corrected chi connectivity index (χ4v) is 4.65. The molecule has 1 aliphatic heterocycles. The first-order valence-corrected chi connectivity index (χ1v) is 12.4. The number of ether oxygens (including phenoxy) is 1. The quantitative estimate of drug-likeness (QED) is 0.227. The average Bonchev–Trinajstić information content (AvgIpc) is 3.27. The topological polar surface area (TPSA) is 70.7 Å². The summed E-state index contributed by atoms with van der Waals surface area (Å²) in [5, 5.41) is 6.39. The Morgan fingerprint density at radius 2 is 1.45 bits per heavy atom. The van der Waals surface area contributed by atoms with Crippen molar-refractivity contribution >= 4 is 34.5 Å². The van der Waals surface area contributed by atoms with Gasteiger partial charge in [0.2, 0.25) is 0 Å². The van der Waals surface area contributed by atoms with Crippen LogP contribution in [0.2, 0.25) is 0 Å². The van der Waals surface area contributed by atoms with Crippen LogP contribution in [0.25, 0.3) is 11.3 Å². The van der Waals surface area contributed by atoms with Gasteiger partial charge in [-0.15, -0.1) is 0 Å². The third-order valence-electron chi connectivity index (χ3n) is 6.47. The molecule has 0 atom stereocenters. The van der Waals surface area contributed by atoms with Gasteiger partial charge in [-0.1, -0.05) is 78.9 Å². The molecule has 0 fully saturated rings. The molecule has 4 aromatic rings. The van der Waals surface area contributed by atoms with Crippen LogP contribution >= 0.6 is 0 Å². The van der Waals surface area contributed by atoms with Crippen molar-refractivity contribution in [2.45, 2.75) is 13.1 Å². The van der Waals surface area contributed by atoms with Crippen molar-refractivity contribution in [1.29, 1.82) is 0 Å². The van der Waals surface area contributed by atoms with Crippen LogP contribution in [0.3, 0.4) is 0 Å². The normalized spacial score (nSPS) is 13.6. The van der Waals surface area contributed by atoms with Gasteiger partial charge in [-0.3, -0.25) is 9.69 Å². The van der Waals surface area contributed by atoms with Crippen LogP contribution in [0.5, 0.6) is 0 Å². The third kappa shape index (κ3) is 5.51. The smallest absolute Gasteiger partial charge is 0.337 e. The van der Waals surface area contributed by atoms with Gasteiger partial charge in [-0.05, 0) is 48.0 Å².